The van der Waals surface area contributed by atoms with Crippen LogP contribution in [0.25, 0.3) is 0 Å². The quantitative estimate of drug-likeness (QED) is 0.452. The zero-order valence-corrected chi connectivity index (χ0v) is 9.64. The Morgan fingerprint density at radius 3 is 2.44 bits per heavy atom. The molecule has 0 fully saturated rings. The van der Waals surface area contributed by atoms with Crippen molar-refractivity contribution in [2.24, 2.45) is 0 Å². The Kier molecular flexibility index (Phi) is 4.88. The molecule has 0 aliphatic rings. The van der Waals surface area contributed by atoms with Crippen LogP contribution in [0.5, 0.6) is 0 Å². The van der Waals surface area contributed by atoms with Crippen molar-refractivity contribution in [2.75, 3.05) is 20.6 Å². The van der Waals surface area contributed by atoms with Crippen molar-refractivity contribution < 1.29 is 4.92 Å². The van der Waals surface area contributed by atoms with Crippen molar-refractivity contribution in [2.45, 2.75) is 12.8 Å². The third kappa shape index (κ3) is 4.37. The monoisotopic (exact) mass is 223 g/mol. The maximum atomic E-state index is 10.4. The molecule has 0 aromatic heterocycles. The van der Waals surface area contributed by atoms with Gasteiger partial charge in [-0.15, -0.1) is 0 Å². The lowest BCUT2D eigenvalue weighted by Crippen LogP contribution is -2.31. The summed E-state index contributed by atoms with van der Waals surface area (Å²) < 4.78 is 0. The van der Waals surface area contributed by atoms with Crippen LogP contribution in [0.15, 0.2) is 24.3 Å². The van der Waals surface area contributed by atoms with Crippen LogP contribution >= 0.6 is 0 Å². The normalized spacial score (nSPS) is 10.7. The fraction of sp³-hybridized carbons (Fsp3) is 0.455. The molecule has 0 aliphatic heterocycles. The van der Waals surface area contributed by atoms with E-state index < -0.39 is 0 Å². The Bertz CT molecular complexity index is 336. The summed E-state index contributed by atoms with van der Waals surface area (Å²) in [4.78, 5) is 10.1. The van der Waals surface area contributed by atoms with Gasteiger partial charge in [-0.1, -0.05) is 12.1 Å². The Hall–Kier alpha value is -1.46. The van der Waals surface area contributed by atoms with Crippen LogP contribution in [-0.2, 0) is 6.42 Å². The summed E-state index contributed by atoms with van der Waals surface area (Å²) in [6.45, 7) is 0.907. The third-order valence-corrected chi connectivity index (χ3v) is 2.22. The molecule has 0 atom stereocenters. The van der Waals surface area contributed by atoms with Gasteiger partial charge >= 0.3 is 0 Å². The summed E-state index contributed by atoms with van der Waals surface area (Å²) in [6, 6.07) is 6.73. The standard InChI is InChI=1S/C11H17N3O2/c1-13(2)12-9-3-4-10-5-7-11(8-6-10)14(15)16/h5-8,12H,3-4,9H2,1-2H3. The molecular formula is C11H17N3O2. The maximum absolute atomic E-state index is 10.4. The molecule has 0 aliphatic carbocycles. The first-order chi connectivity index (χ1) is 7.59. The first kappa shape index (κ1) is 12.6. The largest absolute Gasteiger partial charge is 0.269 e. The van der Waals surface area contributed by atoms with E-state index in [0.29, 0.717) is 0 Å². The summed E-state index contributed by atoms with van der Waals surface area (Å²) in [6.07, 6.45) is 1.94. The molecule has 1 aromatic rings. The zero-order valence-electron chi connectivity index (χ0n) is 9.64. The van der Waals surface area contributed by atoms with Gasteiger partial charge in [-0.25, -0.2) is 0 Å². The number of non-ortho nitro benzene ring substituents is 1. The van der Waals surface area contributed by atoms with Crippen LogP contribution in [-0.4, -0.2) is 30.6 Å². The van der Waals surface area contributed by atoms with Gasteiger partial charge in [0.25, 0.3) is 5.69 Å². The van der Waals surface area contributed by atoms with E-state index >= 15 is 0 Å². The van der Waals surface area contributed by atoms with E-state index in [4.69, 9.17) is 0 Å². The Morgan fingerprint density at radius 1 is 1.31 bits per heavy atom. The molecule has 0 heterocycles. The number of nitrogens with zero attached hydrogens (tertiary/aromatic N) is 2. The van der Waals surface area contributed by atoms with Crippen LogP contribution in [0.2, 0.25) is 0 Å². The zero-order chi connectivity index (χ0) is 12.0. The molecule has 5 nitrogen and oxygen atoms in total. The van der Waals surface area contributed by atoms with Crippen LogP contribution in [0.3, 0.4) is 0 Å². The number of nitro benzene ring substituents is 1. The fourth-order valence-corrected chi connectivity index (χ4v) is 1.38. The Balaban J connectivity index is 2.35. The summed E-state index contributed by atoms with van der Waals surface area (Å²) in [5.41, 5.74) is 4.45. The van der Waals surface area contributed by atoms with E-state index in [-0.39, 0.29) is 10.6 Å². The SMILES string of the molecule is CN(C)NCCCc1ccc([N+](=O)[O-])cc1. The molecule has 1 aromatic carbocycles. The van der Waals surface area contributed by atoms with Crippen molar-refractivity contribution >= 4 is 5.69 Å². The second-order valence-electron chi connectivity index (χ2n) is 3.83. The third-order valence-electron chi connectivity index (χ3n) is 2.22. The summed E-state index contributed by atoms with van der Waals surface area (Å²) in [7, 11) is 3.90. The molecule has 0 saturated heterocycles. The van der Waals surface area contributed by atoms with Gasteiger partial charge in [-0.2, -0.15) is 0 Å². The van der Waals surface area contributed by atoms with Crippen molar-refractivity contribution in [3.05, 3.63) is 39.9 Å². The predicted octanol–water partition coefficient (Wildman–Crippen LogP) is 1.59. The number of hydrogen-bond acceptors (Lipinski definition) is 4. The minimum Gasteiger partial charge on any atom is -0.258 e. The van der Waals surface area contributed by atoms with E-state index in [1.165, 1.54) is 0 Å². The van der Waals surface area contributed by atoms with Crippen LogP contribution in [0.1, 0.15) is 12.0 Å². The van der Waals surface area contributed by atoms with Gasteiger partial charge in [0.2, 0.25) is 0 Å². The van der Waals surface area contributed by atoms with Gasteiger partial charge in [-0.3, -0.25) is 20.5 Å². The molecule has 16 heavy (non-hydrogen) atoms. The van der Waals surface area contributed by atoms with E-state index in [1.54, 1.807) is 12.1 Å². The molecule has 1 N–H and O–H groups in total. The number of aryl methyl sites for hydroxylation is 1. The van der Waals surface area contributed by atoms with Crippen LogP contribution < -0.4 is 5.43 Å². The minimum atomic E-state index is -0.378. The van der Waals surface area contributed by atoms with Gasteiger partial charge in [0.15, 0.2) is 0 Å². The maximum Gasteiger partial charge on any atom is 0.269 e. The van der Waals surface area contributed by atoms with Crippen molar-refractivity contribution in [1.82, 2.24) is 10.4 Å². The van der Waals surface area contributed by atoms with Gasteiger partial charge < -0.3 is 0 Å². The van der Waals surface area contributed by atoms with Gasteiger partial charge in [-0.05, 0) is 18.4 Å². The number of nitro groups is 1. The molecular weight excluding hydrogens is 206 g/mol. The second-order valence-corrected chi connectivity index (χ2v) is 3.83. The molecule has 0 saturated carbocycles. The summed E-state index contributed by atoms with van der Waals surface area (Å²) >= 11 is 0. The topological polar surface area (TPSA) is 58.4 Å². The Morgan fingerprint density at radius 2 is 1.94 bits per heavy atom. The molecule has 0 amide bonds. The van der Waals surface area contributed by atoms with E-state index in [9.17, 15) is 10.1 Å². The first-order valence-corrected chi connectivity index (χ1v) is 5.24. The smallest absolute Gasteiger partial charge is 0.258 e. The summed E-state index contributed by atoms with van der Waals surface area (Å²) in [5, 5.41) is 12.4. The molecule has 0 bridgehead atoms. The lowest BCUT2D eigenvalue weighted by atomic mass is 10.1. The lowest BCUT2D eigenvalue weighted by molar-refractivity contribution is -0.384. The molecule has 1 rings (SSSR count). The number of hydrogen-bond donors (Lipinski definition) is 1. The highest BCUT2D eigenvalue weighted by molar-refractivity contribution is 5.32. The number of hydrazine groups is 1. The molecule has 0 spiro atoms. The van der Waals surface area contributed by atoms with E-state index in [2.05, 4.69) is 5.43 Å². The highest BCUT2D eigenvalue weighted by atomic mass is 16.6. The van der Waals surface area contributed by atoms with Gasteiger partial charge in [0.05, 0.1) is 4.92 Å². The van der Waals surface area contributed by atoms with Gasteiger partial charge in [0.1, 0.15) is 0 Å². The first-order valence-electron chi connectivity index (χ1n) is 5.24. The average molecular weight is 223 g/mol. The van der Waals surface area contributed by atoms with E-state index in [0.717, 1.165) is 24.9 Å². The highest BCUT2D eigenvalue weighted by Gasteiger charge is 2.03. The lowest BCUT2D eigenvalue weighted by Gasteiger charge is -2.11. The predicted molar refractivity (Wildman–Crippen MR) is 63.1 cm³/mol. The van der Waals surface area contributed by atoms with Crippen molar-refractivity contribution in [3.8, 4) is 0 Å². The molecule has 0 unspecified atom stereocenters. The average Bonchev–Trinajstić information content (AvgIpc) is 2.25. The molecule has 88 valence electrons. The minimum absolute atomic E-state index is 0.148. The van der Waals surface area contributed by atoms with Crippen LogP contribution in [0, 0.1) is 10.1 Å². The fourth-order valence-electron chi connectivity index (χ4n) is 1.38. The van der Waals surface area contributed by atoms with Gasteiger partial charge in [0, 0.05) is 32.8 Å². The van der Waals surface area contributed by atoms with Crippen molar-refractivity contribution in [3.63, 3.8) is 0 Å². The molecule has 0 radical (unpaired) electrons. The van der Waals surface area contributed by atoms with Crippen molar-refractivity contribution in [1.29, 1.82) is 0 Å². The number of benzene rings is 1. The number of nitrogens with one attached hydrogen (secondary N) is 1. The number of rotatable bonds is 6. The second kappa shape index (κ2) is 6.19. The molecule has 5 heteroatoms. The Labute approximate surface area is 95.2 Å². The van der Waals surface area contributed by atoms with E-state index in [1.807, 2.05) is 31.2 Å². The summed E-state index contributed by atoms with van der Waals surface area (Å²) in [5.74, 6) is 0. The highest BCUT2D eigenvalue weighted by Crippen LogP contribution is 2.12. The van der Waals surface area contributed by atoms with Crippen LogP contribution in [0.4, 0.5) is 5.69 Å².